The van der Waals surface area contributed by atoms with E-state index in [1.165, 1.54) is 6.42 Å². The zero-order chi connectivity index (χ0) is 17.7. The van der Waals surface area contributed by atoms with Crippen LogP contribution in [0, 0.1) is 0 Å². The zero-order valence-corrected chi connectivity index (χ0v) is 15.6. The molecule has 0 aliphatic carbocycles. The summed E-state index contributed by atoms with van der Waals surface area (Å²) < 4.78 is 14.2. The predicted molar refractivity (Wildman–Crippen MR) is 101 cm³/mol. The monoisotopic (exact) mass is 369 g/mol. The number of carbonyl (C=O) groups excluding carboxylic acids is 1. The van der Waals surface area contributed by atoms with E-state index in [2.05, 4.69) is 16.7 Å². The summed E-state index contributed by atoms with van der Waals surface area (Å²) in [6.45, 7) is 1.55. The second-order valence-corrected chi connectivity index (χ2v) is 9.34. The van der Waals surface area contributed by atoms with Crippen molar-refractivity contribution in [2.45, 2.75) is 49.9 Å². The van der Waals surface area contributed by atoms with Gasteiger partial charge in [0.1, 0.15) is 11.5 Å². The number of rotatable bonds is 2. The third-order valence-electron chi connectivity index (χ3n) is 5.97. The van der Waals surface area contributed by atoms with Gasteiger partial charge in [-0.25, -0.2) is 4.98 Å². The van der Waals surface area contributed by atoms with Gasteiger partial charge in [0, 0.05) is 41.2 Å². The molecule has 0 N–H and O–H groups in total. The summed E-state index contributed by atoms with van der Waals surface area (Å²) >= 11 is 0. The first-order valence-corrected chi connectivity index (χ1v) is 10.9. The van der Waals surface area contributed by atoms with Gasteiger partial charge in [-0.3, -0.25) is 9.00 Å². The van der Waals surface area contributed by atoms with Crippen molar-refractivity contribution in [1.29, 1.82) is 0 Å². The number of hydrogen-bond donors (Lipinski definition) is 0. The maximum absolute atomic E-state index is 13.3. The van der Waals surface area contributed by atoms with Crippen LogP contribution in [0.4, 0.5) is 0 Å². The van der Waals surface area contributed by atoms with Crippen molar-refractivity contribution in [3.63, 3.8) is 0 Å². The number of likely N-dealkylation sites (tertiary alicyclic amines) is 1. The van der Waals surface area contributed by atoms with Crippen molar-refractivity contribution in [2.24, 2.45) is 0 Å². The largest absolute Gasteiger partial charge is 0.332 e. The molecule has 5 rings (SSSR count). The van der Waals surface area contributed by atoms with E-state index in [0.717, 1.165) is 49.3 Å². The molecule has 2 saturated heterocycles. The highest BCUT2D eigenvalue weighted by Crippen LogP contribution is 2.33. The number of hydrogen-bond acceptors (Lipinski definition) is 3. The molecule has 1 aromatic heterocycles. The Labute approximate surface area is 155 Å². The fourth-order valence-electron chi connectivity index (χ4n) is 4.63. The number of fused-ring (bicyclic) bond motifs is 3. The second kappa shape index (κ2) is 6.34. The first kappa shape index (κ1) is 16.2. The molecule has 2 bridgehead atoms. The van der Waals surface area contributed by atoms with Gasteiger partial charge < -0.3 is 9.47 Å². The van der Waals surface area contributed by atoms with E-state index in [-0.39, 0.29) is 17.2 Å². The number of imidazole rings is 1. The summed E-state index contributed by atoms with van der Waals surface area (Å²) in [6, 6.07) is 10.3. The molecule has 5 nitrogen and oxygen atoms in total. The number of amides is 1. The lowest BCUT2D eigenvalue weighted by molar-refractivity contribution is 0.0740. The Kier molecular flexibility index (Phi) is 3.96. The van der Waals surface area contributed by atoms with Crippen LogP contribution in [-0.4, -0.2) is 48.2 Å². The van der Waals surface area contributed by atoms with Gasteiger partial charge in [-0.05, 0) is 25.7 Å². The Morgan fingerprint density at radius 2 is 2.00 bits per heavy atom. The summed E-state index contributed by atoms with van der Waals surface area (Å²) in [5, 5.41) is 0.166. The Bertz CT molecular complexity index is 877. The maximum atomic E-state index is 13.3. The third kappa shape index (κ3) is 2.54. The average molecular weight is 369 g/mol. The van der Waals surface area contributed by atoms with Gasteiger partial charge in [0.05, 0.1) is 10.9 Å². The van der Waals surface area contributed by atoms with Crippen molar-refractivity contribution >= 4 is 16.7 Å². The predicted octanol–water partition coefficient (Wildman–Crippen LogP) is 2.62. The van der Waals surface area contributed by atoms with Gasteiger partial charge in [-0.1, -0.05) is 36.8 Å². The minimum absolute atomic E-state index is 0.0435. The Morgan fingerprint density at radius 3 is 2.73 bits per heavy atom. The van der Waals surface area contributed by atoms with E-state index in [4.69, 9.17) is 4.98 Å². The maximum Gasteiger partial charge on any atom is 0.274 e. The Hall–Kier alpha value is -1.95. The topological polar surface area (TPSA) is 55.2 Å². The van der Waals surface area contributed by atoms with E-state index < -0.39 is 10.8 Å². The van der Waals surface area contributed by atoms with Crippen molar-refractivity contribution in [2.75, 3.05) is 12.3 Å². The minimum atomic E-state index is -0.753. The first-order valence-electron chi connectivity index (χ1n) is 9.55. The van der Waals surface area contributed by atoms with Crippen LogP contribution in [0.25, 0.3) is 11.4 Å². The molecule has 6 heteroatoms. The third-order valence-corrected chi connectivity index (χ3v) is 7.77. The van der Waals surface area contributed by atoms with Crippen LogP contribution in [0.15, 0.2) is 30.3 Å². The van der Waals surface area contributed by atoms with E-state index in [0.29, 0.717) is 18.0 Å². The molecule has 0 radical (unpaired) electrons. The summed E-state index contributed by atoms with van der Waals surface area (Å²) in [4.78, 5) is 20.1. The smallest absolute Gasteiger partial charge is 0.274 e. The SMILES string of the molecule is O=C(c1nc(-c2ccccc2)n2c1CCCCC2)N1C[C@@H]2C[C@H]1CS2=O. The number of carbonyl (C=O) groups is 1. The zero-order valence-electron chi connectivity index (χ0n) is 14.8. The van der Waals surface area contributed by atoms with Crippen molar-refractivity contribution in [3.8, 4) is 11.4 Å². The molecule has 2 aromatic rings. The van der Waals surface area contributed by atoms with Gasteiger partial charge in [0.25, 0.3) is 5.91 Å². The lowest BCUT2D eigenvalue weighted by Gasteiger charge is -2.26. The quantitative estimate of drug-likeness (QED) is 0.818. The highest BCUT2D eigenvalue weighted by molar-refractivity contribution is 7.86. The molecule has 1 unspecified atom stereocenters. The normalized spacial score (nSPS) is 27.4. The van der Waals surface area contributed by atoms with E-state index in [9.17, 15) is 9.00 Å². The van der Waals surface area contributed by atoms with Crippen LogP contribution in [-0.2, 0) is 23.8 Å². The molecule has 1 aromatic carbocycles. The molecular weight excluding hydrogens is 346 g/mol. The molecule has 4 heterocycles. The highest BCUT2D eigenvalue weighted by Gasteiger charge is 2.46. The molecule has 3 aliphatic rings. The van der Waals surface area contributed by atoms with Crippen LogP contribution >= 0.6 is 0 Å². The highest BCUT2D eigenvalue weighted by atomic mass is 32.2. The van der Waals surface area contributed by atoms with Gasteiger partial charge in [-0.15, -0.1) is 0 Å². The van der Waals surface area contributed by atoms with E-state index >= 15 is 0 Å². The molecule has 136 valence electrons. The van der Waals surface area contributed by atoms with Crippen molar-refractivity contribution in [3.05, 3.63) is 41.7 Å². The van der Waals surface area contributed by atoms with Crippen LogP contribution in [0.5, 0.6) is 0 Å². The second-order valence-electron chi connectivity index (χ2n) is 7.58. The van der Waals surface area contributed by atoms with Crippen molar-refractivity contribution < 1.29 is 9.00 Å². The molecular formula is C20H23N3O2S. The standard InChI is InChI=1S/C20H23N3O2S/c24-20(23-12-16-11-15(23)13-26(16)25)18-17-9-5-2-6-10-22(17)19(21-18)14-7-3-1-4-8-14/h1,3-4,7-8,15-16H,2,5-6,9-13H2/t15-,16-,26?/m0/s1. The molecule has 26 heavy (non-hydrogen) atoms. The van der Waals surface area contributed by atoms with Gasteiger partial charge in [0.15, 0.2) is 0 Å². The number of nitrogens with zero attached hydrogens (tertiary/aromatic N) is 3. The van der Waals surface area contributed by atoms with Crippen LogP contribution in [0.2, 0.25) is 0 Å². The van der Waals surface area contributed by atoms with Crippen LogP contribution < -0.4 is 0 Å². The molecule has 1 amide bonds. The fraction of sp³-hybridized carbons (Fsp3) is 0.500. The average Bonchev–Trinajstić information content (AvgIpc) is 3.29. The van der Waals surface area contributed by atoms with Gasteiger partial charge in [-0.2, -0.15) is 0 Å². The minimum Gasteiger partial charge on any atom is -0.332 e. The summed E-state index contributed by atoms with van der Waals surface area (Å²) in [7, 11) is -0.753. The lowest BCUT2D eigenvalue weighted by atomic mass is 10.1. The van der Waals surface area contributed by atoms with Crippen molar-refractivity contribution in [1.82, 2.24) is 14.5 Å². The Morgan fingerprint density at radius 1 is 1.15 bits per heavy atom. The lowest BCUT2D eigenvalue weighted by Crippen LogP contribution is -2.42. The Balaban J connectivity index is 1.56. The summed E-state index contributed by atoms with van der Waals surface area (Å²) in [6.07, 6.45) is 5.23. The molecule has 3 aliphatic heterocycles. The van der Waals surface area contributed by atoms with Gasteiger partial charge in [0.2, 0.25) is 0 Å². The van der Waals surface area contributed by atoms with Crippen LogP contribution in [0.3, 0.4) is 0 Å². The number of aromatic nitrogens is 2. The van der Waals surface area contributed by atoms with Crippen LogP contribution in [0.1, 0.15) is 41.9 Å². The fourth-order valence-corrected chi connectivity index (χ4v) is 6.36. The number of benzene rings is 1. The van der Waals surface area contributed by atoms with Gasteiger partial charge >= 0.3 is 0 Å². The first-order chi connectivity index (χ1) is 12.7. The molecule has 0 spiro atoms. The molecule has 2 fully saturated rings. The van der Waals surface area contributed by atoms with E-state index in [1.54, 1.807) is 0 Å². The summed E-state index contributed by atoms with van der Waals surface area (Å²) in [5.74, 6) is 1.60. The molecule has 3 atom stereocenters. The van der Waals surface area contributed by atoms with E-state index in [1.807, 2.05) is 23.1 Å². The summed E-state index contributed by atoms with van der Waals surface area (Å²) in [5.41, 5.74) is 2.79. The molecule has 0 saturated carbocycles.